The van der Waals surface area contributed by atoms with Crippen molar-refractivity contribution in [1.82, 2.24) is 5.32 Å². The van der Waals surface area contributed by atoms with E-state index in [1.807, 2.05) is 38.1 Å². The van der Waals surface area contributed by atoms with Gasteiger partial charge in [0, 0.05) is 11.9 Å². The van der Waals surface area contributed by atoms with Gasteiger partial charge in [0.15, 0.2) is 9.84 Å². The van der Waals surface area contributed by atoms with Crippen LogP contribution in [0, 0.1) is 13.8 Å². The van der Waals surface area contributed by atoms with Crippen molar-refractivity contribution in [2.24, 2.45) is 0 Å². The molecule has 2 rings (SSSR count). The highest BCUT2D eigenvalue weighted by Gasteiger charge is 2.10. The maximum Gasteiger partial charge on any atom is 0.239 e. The Morgan fingerprint density at radius 1 is 1.12 bits per heavy atom. The van der Waals surface area contributed by atoms with Crippen LogP contribution in [-0.4, -0.2) is 40.3 Å². The van der Waals surface area contributed by atoms with Gasteiger partial charge in [-0.05, 0) is 49.2 Å². The number of ether oxygens (including phenoxy) is 1. The molecule has 0 aromatic heterocycles. The van der Waals surface area contributed by atoms with Gasteiger partial charge in [-0.15, -0.1) is 0 Å². The van der Waals surface area contributed by atoms with Crippen molar-refractivity contribution < 1.29 is 17.9 Å². The Labute approximate surface area is 154 Å². The number of amides is 1. The Morgan fingerprint density at radius 2 is 1.88 bits per heavy atom. The second-order valence-corrected chi connectivity index (χ2v) is 8.13. The molecular formula is C19H24N2O4S. The van der Waals surface area contributed by atoms with Crippen LogP contribution in [0.2, 0.25) is 0 Å². The summed E-state index contributed by atoms with van der Waals surface area (Å²) < 4.78 is 28.8. The molecule has 0 bridgehead atoms. The molecule has 26 heavy (non-hydrogen) atoms. The fourth-order valence-corrected chi connectivity index (χ4v) is 2.97. The second-order valence-electron chi connectivity index (χ2n) is 6.12. The van der Waals surface area contributed by atoms with E-state index >= 15 is 0 Å². The first-order chi connectivity index (χ1) is 12.3. The zero-order valence-corrected chi connectivity index (χ0v) is 16.0. The molecule has 0 aliphatic heterocycles. The summed E-state index contributed by atoms with van der Waals surface area (Å²) in [6.07, 6.45) is 1.16. The lowest BCUT2D eigenvalue weighted by atomic mass is 10.2. The standard InChI is InChI=1S/C19H24N2O4S/c1-14-5-4-6-16(11-14)25-10-9-20-19(22)13-21-18-12-17(26(3,23)24)8-7-15(18)2/h4-8,11-12,21H,9-10,13H2,1-3H3,(H,20,22). The maximum absolute atomic E-state index is 11.9. The molecule has 0 spiro atoms. The lowest BCUT2D eigenvalue weighted by Gasteiger charge is -2.12. The molecule has 140 valence electrons. The molecule has 0 fully saturated rings. The number of hydrogen-bond acceptors (Lipinski definition) is 5. The lowest BCUT2D eigenvalue weighted by Crippen LogP contribution is -2.33. The van der Waals surface area contributed by atoms with Crippen LogP contribution in [0.15, 0.2) is 47.4 Å². The highest BCUT2D eigenvalue weighted by Crippen LogP contribution is 2.19. The van der Waals surface area contributed by atoms with Gasteiger partial charge in [0.25, 0.3) is 0 Å². The smallest absolute Gasteiger partial charge is 0.239 e. The van der Waals surface area contributed by atoms with Crippen LogP contribution in [0.1, 0.15) is 11.1 Å². The van der Waals surface area contributed by atoms with Gasteiger partial charge >= 0.3 is 0 Å². The molecule has 0 saturated heterocycles. The Hall–Kier alpha value is -2.54. The van der Waals surface area contributed by atoms with Crippen molar-refractivity contribution in [3.05, 3.63) is 53.6 Å². The Kier molecular flexibility index (Phi) is 6.63. The van der Waals surface area contributed by atoms with E-state index < -0.39 is 9.84 Å². The molecule has 1 amide bonds. The second kappa shape index (κ2) is 8.71. The molecule has 0 unspecified atom stereocenters. The Morgan fingerprint density at radius 3 is 2.58 bits per heavy atom. The molecule has 6 nitrogen and oxygen atoms in total. The van der Waals surface area contributed by atoms with Crippen LogP contribution in [0.4, 0.5) is 5.69 Å². The monoisotopic (exact) mass is 376 g/mol. The van der Waals surface area contributed by atoms with Gasteiger partial charge in [-0.2, -0.15) is 0 Å². The van der Waals surface area contributed by atoms with Crippen LogP contribution in [0.25, 0.3) is 0 Å². The van der Waals surface area contributed by atoms with Crippen LogP contribution in [0.5, 0.6) is 5.75 Å². The summed E-state index contributed by atoms with van der Waals surface area (Å²) >= 11 is 0. The van der Waals surface area contributed by atoms with E-state index in [-0.39, 0.29) is 17.3 Å². The summed E-state index contributed by atoms with van der Waals surface area (Å²) in [5.41, 5.74) is 2.61. The third-order valence-corrected chi connectivity index (χ3v) is 4.87. The van der Waals surface area contributed by atoms with Gasteiger partial charge in [-0.3, -0.25) is 4.79 Å². The third-order valence-electron chi connectivity index (χ3n) is 3.76. The van der Waals surface area contributed by atoms with Crippen molar-refractivity contribution in [3.8, 4) is 5.75 Å². The highest BCUT2D eigenvalue weighted by atomic mass is 32.2. The van der Waals surface area contributed by atoms with Crippen molar-refractivity contribution >= 4 is 21.4 Å². The SMILES string of the molecule is Cc1cccc(OCCNC(=O)CNc2cc(S(C)(=O)=O)ccc2C)c1. The van der Waals surface area contributed by atoms with Crippen LogP contribution < -0.4 is 15.4 Å². The normalized spacial score (nSPS) is 11.0. The van der Waals surface area contributed by atoms with E-state index in [9.17, 15) is 13.2 Å². The fourth-order valence-electron chi connectivity index (χ4n) is 2.32. The van der Waals surface area contributed by atoms with E-state index in [1.165, 1.54) is 0 Å². The molecule has 2 aromatic rings. The molecule has 0 radical (unpaired) electrons. The summed E-state index contributed by atoms with van der Waals surface area (Å²) in [5, 5.41) is 5.73. The number of carbonyl (C=O) groups excluding carboxylic acids is 1. The van der Waals surface area contributed by atoms with Crippen molar-refractivity contribution in [3.63, 3.8) is 0 Å². The first kappa shape index (κ1) is 19.8. The number of nitrogens with one attached hydrogen (secondary N) is 2. The first-order valence-corrected chi connectivity index (χ1v) is 10.2. The minimum absolute atomic E-state index is 0.0541. The zero-order valence-electron chi connectivity index (χ0n) is 15.2. The van der Waals surface area contributed by atoms with Crippen LogP contribution in [-0.2, 0) is 14.6 Å². The molecule has 2 aromatic carbocycles. The van der Waals surface area contributed by atoms with Gasteiger partial charge in [-0.25, -0.2) is 8.42 Å². The number of hydrogen-bond donors (Lipinski definition) is 2. The molecule has 0 aliphatic rings. The van der Waals surface area contributed by atoms with Crippen molar-refractivity contribution in [2.75, 3.05) is 31.3 Å². The molecule has 0 atom stereocenters. The third kappa shape index (κ3) is 6.07. The minimum Gasteiger partial charge on any atom is -0.492 e. The predicted octanol–water partition coefficient (Wildman–Crippen LogP) is 2.31. The van der Waals surface area contributed by atoms with E-state index in [2.05, 4.69) is 10.6 Å². The van der Waals surface area contributed by atoms with Crippen LogP contribution in [0.3, 0.4) is 0 Å². The van der Waals surface area contributed by atoms with Gasteiger partial charge in [0.05, 0.1) is 18.0 Å². The van der Waals surface area contributed by atoms with Gasteiger partial charge in [0.1, 0.15) is 12.4 Å². The number of rotatable bonds is 8. The average molecular weight is 376 g/mol. The summed E-state index contributed by atoms with van der Waals surface area (Å²) in [6.45, 7) is 4.65. The Bertz CT molecular complexity index is 879. The average Bonchev–Trinajstić information content (AvgIpc) is 2.57. The zero-order chi connectivity index (χ0) is 19.2. The number of aryl methyl sites for hydroxylation is 2. The summed E-state index contributed by atoms with van der Waals surface area (Å²) in [5.74, 6) is 0.576. The van der Waals surface area contributed by atoms with Crippen molar-refractivity contribution in [2.45, 2.75) is 18.7 Å². The van der Waals surface area contributed by atoms with E-state index in [0.29, 0.717) is 18.8 Å². The molecule has 2 N–H and O–H groups in total. The number of carbonyl (C=O) groups is 1. The van der Waals surface area contributed by atoms with Gasteiger partial charge in [-0.1, -0.05) is 18.2 Å². The van der Waals surface area contributed by atoms with Gasteiger partial charge < -0.3 is 15.4 Å². The number of anilines is 1. The lowest BCUT2D eigenvalue weighted by molar-refractivity contribution is -0.119. The molecule has 7 heteroatoms. The van der Waals surface area contributed by atoms with E-state index in [1.54, 1.807) is 18.2 Å². The predicted molar refractivity (Wildman–Crippen MR) is 102 cm³/mol. The highest BCUT2D eigenvalue weighted by molar-refractivity contribution is 7.90. The maximum atomic E-state index is 11.9. The first-order valence-electron chi connectivity index (χ1n) is 8.26. The molecule has 0 heterocycles. The Balaban J connectivity index is 1.78. The number of sulfone groups is 1. The minimum atomic E-state index is -3.28. The van der Waals surface area contributed by atoms with Crippen molar-refractivity contribution in [1.29, 1.82) is 0 Å². The van der Waals surface area contributed by atoms with E-state index in [0.717, 1.165) is 23.1 Å². The molecular weight excluding hydrogens is 352 g/mol. The summed E-state index contributed by atoms with van der Waals surface area (Å²) in [6, 6.07) is 12.5. The topological polar surface area (TPSA) is 84.5 Å². The fraction of sp³-hybridized carbons (Fsp3) is 0.316. The molecule has 0 aliphatic carbocycles. The number of benzene rings is 2. The quantitative estimate of drug-likeness (QED) is 0.691. The van der Waals surface area contributed by atoms with Gasteiger partial charge in [0.2, 0.25) is 5.91 Å². The van der Waals surface area contributed by atoms with Crippen LogP contribution >= 0.6 is 0 Å². The summed E-state index contributed by atoms with van der Waals surface area (Å²) in [4.78, 5) is 12.1. The molecule has 0 saturated carbocycles. The largest absolute Gasteiger partial charge is 0.492 e. The summed E-state index contributed by atoms with van der Waals surface area (Å²) in [7, 11) is -3.28. The van der Waals surface area contributed by atoms with E-state index in [4.69, 9.17) is 4.74 Å².